The van der Waals surface area contributed by atoms with Gasteiger partial charge in [-0.15, -0.1) is 11.6 Å². The molecule has 1 fully saturated rings. The minimum absolute atomic E-state index is 0.233. The lowest BCUT2D eigenvalue weighted by atomic mass is 9.95. The maximum Gasteiger partial charge on any atom is 0.270 e. The molecule has 0 saturated carbocycles. The number of carbonyl (C=O) groups excluding carboxylic acids is 2. The first-order valence-corrected chi connectivity index (χ1v) is 9.50. The average molecular weight is 466 g/mol. The number of carbonyl (C=O) groups is 2. The van der Waals surface area contributed by atoms with Gasteiger partial charge in [-0.25, -0.2) is 9.99 Å². The summed E-state index contributed by atoms with van der Waals surface area (Å²) in [7, 11) is 0. The lowest BCUT2D eigenvalue weighted by Gasteiger charge is -2.44. The Labute approximate surface area is 172 Å². The van der Waals surface area contributed by atoms with E-state index in [2.05, 4.69) is 31.3 Å². The van der Waals surface area contributed by atoms with E-state index in [0.29, 0.717) is 11.1 Å². The van der Waals surface area contributed by atoms with Crippen molar-refractivity contribution in [3.63, 3.8) is 0 Å². The van der Waals surface area contributed by atoms with Gasteiger partial charge in [0, 0.05) is 33.4 Å². The highest BCUT2D eigenvalue weighted by atomic mass is 79.9. The second-order valence-electron chi connectivity index (χ2n) is 5.94. The van der Waals surface area contributed by atoms with Crippen LogP contribution < -0.4 is 5.43 Å². The number of rotatable bonds is 3. The summed E-state index contributed by atoms with van der Waals surface area (Å²) in [6, 6.07) is 9.91. The van der Waals surface area contributed by atoms with Gasteiger partial charge in [0.1, 0.15) is 16.6 Å². The van der Waals surface area contributed by atoms with Gasteiger partial charge < -0.3 is 0 Å². The highest BCUT2D eigenvalue weighted by Crippen LogP contribution is 2.41. The summed E-state index contributed by atoms with van der Waals surface area (Å²) in [4.78, 5) is 32.9. The van der Waals surface area contributed by atoms with Crippen LogP contribution in [0, 0.1) is 0 Å². The number of alkyl halides is 1. The third kappa shape index (κ3) is 3.26. The molecule has 3 heterocycles. The molecule has 2 unspecified atom stereocenters. The second kappa shape index (κ2) is 7.07. The number of hydrogen-bond acceptors (Lipinski definition) is 4. The molecule has 0 bridgehead atoms. The van der Waals surface area contributed by atoms with Crippen LogP contribution in [0.2, 0.25) is 5.15 Å². The molecule has 2 atom stereocenters. The molecule has 3 aromatic rings. The second-order valence-corrected chi connectivity index (χ2v) is 7.68. The van der Waals surface area contributed by atoms with Gasteiger partial charge in [0.2, 0.25) is 0 Å². The van der Waals surface area contributed by atoms with Gasteiger partial charge >= 0.3 is 0 Å². The summed E-state index contributed by atoms with van der Waals surface area (Å²) in [6.45, 7) is 0. The van der Waals surface area contributed by atoms with Crippen molar-refractivity contribution in [1.29, 1.82) is 0 Å². The Morgan fingerprint density at radius 3 is 2.67 bits per heavy atom. The fraction of sp³-hybridized carbons (Fsp3) is 0.111. The number of hydrogen-bond donors (Lipinski definition) is 1. The van der Waals surface area contributed by atoms with Crippen LogP contribution in [-0.2, 0) is 4.79 Å². The van der Waals surface area contributed by atoms with Crippen molar-refractivity contribution >= 4 is 61.8 Å². The maximum absolute atomic E-state index is 12.4. The summed E-state index contributed by atoms with van der Waals surface area (Å²) < 4.78 is 0.889. The van der Waals surface area contributed by atoms with E-state index in [9.17, 15) is 9.59 Å². The molecule has 2 aromatic heterocycles. The molecule has 2 amide bonds. The maximum atomic E-state index is 12.4. The summed E-state index contributed by atoms with van der Waals surface area (Å²) in [6.07, 6.45) is 2.99. The van der Waals surface area contributed by atoms with Gasteiger partial charge in [0.05, 0.1) is 5.52 Å². The molecular formula is C18H11BrCl2N4O2. The number of halogens is 3. The van der Waals surface area contributed by atoms with E-state index < -0.39 is 23.2 Å². The number of fused-ring (bicyclic) bond motifs is 1. The zero-order chi connectivity index (χ0) is 19.1. The Morgan fingerprint density at radius 1 is 1.19 bits per heavy atom. The third-order valence-electron chi connectivity index (χ3n) is 4.27. The fourth-order valence-corrected chi connectivity index (χ4v) is 3.89. The third-order valence-corrected chi connectivity index (χ3v) is 5.49. The van der Waals surface area contributed by atoms with E-state index in [4.69, 9.17) is 23.2 Å². The van der Waals surface area contributed by atoms with E-state index in [1.54, 1.807) is 12.1 Å². The zero-order valence-electron chi connectivity index (χ0n) is 13.6. The minimum Gasteiger partial charge on any atom is -0.271 e. The van der Waals surface area contributed by atoms with E-state index in [1.807, 2.05) is 24.3 Å². The lowest BCUT2D eigenvalue weighted by Crippen LogP contribution is -2.63. The van der Waals surface area contributed by atoms with Crippen molar-refractivity contribution < 1.29 is 9.59 Å². The summed E-state index contributed by atoms with van der Waals surface area (Å²) in [5.41, 5.74) is 4.25. The molecule has 27 heavy (non-hydrogen) atoms. The molecule has 0 aliphatic carbocycles. The van der Waals surface area contributed by atoms with E-state index >= 15 is 0 Å². The van der Waals surface area contributed by atoms with Crippen LogP contribution in [0.4, 0.5) is 0 Å². The molecular weight excluding hydrogens is 455 g/mol. The van der Waals surface area contributed by atoms with Crippen molar-refractivity contribution in [1.82, 2.24) is 20.4 Å². The number of nitrogens with one attached hydrogen (secondary N) is 1. The van der Waals surface area contributed by atoms with Crippen molar-refractivity contribution in [2.45, 2.75) is 11.4 Å². The Bertz CT molecular complexity index is 1060. The number of pyridine rings is 2. The first-order chi connectivity index (χ1) is 13.0. The molecule has 6 nitrogen and oxygen atoms in total. The van der Waals surface area contributed by atoms with Gasteiger partial charge in [0.25, 0.3) is 11.8 Å². The molecule has 136 valence electrons. The van der Waals surface area contributed by atoms with E-state index in [0.717, 1.165) is 15.4 Å². The van der Waals surface area contributed by atoms with Crippen LogP contribution in [0.5, 0.6) is 0 Å². The van der Waals surface area contributed by atoms with Crippen molar-refractivity contribution in [3.05, 3.63) is 69.5 Å². The van der Waals surface area contributed by atoms with Crippen LogP contribution in [0.1, 0.15) is 22.0 Å². The number of β-lactam (4-membered cyclic amide) rings is 1. The molecule has 9 heteroatoms. The predicted octanol–water partition coefficient (Wildman–Crippen LogP) is 3.88. The van der Waals surface area contributed by atoms with Crippen LogP contribution in [0.15, 0.2) is 53.3 Å². The molecule has 1 aliphatic rings. The number of amides is 2. The largest absolute Gasteiger partial charge is 0.271 e. The van der Waals surface area contributed by atoms with Crippen LogP contribution in [0.25, 0.3) is 10.9 Å². The number of benzene rings is 1. The summed E-state index contributed by atoms with van der Waals surface area (Å²) >= 11 is 16.0. The van der Waals surface area contributed by atoms with Crippen LogP contribution in [0.3, 0.4) is 0 Å². The summed E-state index contributed by atoms with van der Waals surface area (Å²) in [5.74, 6) is -0.846. The van der Waals surface area contributed by atoms with Crippen LogP contribution in [-0.4, -0.2) is 32.2 Å². The SMILES string of the molecule is O=C(NN1C(=O)C(Cl)C1c1cc2cc(Br)ccc2nc1Cl)c1ccncc1. The van der Waals surface area contributed by atoms with Gasteiger partial charge in [-0.05, 0) is 36.4 Å². The molecule has 1 aromatic carbocycles. The standard InChI is InChI=1S/C18H11BrCl2N4O2/c19-11-1-2-13-10(7-11)8-12(16(21)23-13)15-14(20)18(27)25(15)24-17(26)9-3-5-22-6-4-9/h1-8,14-15H,(H,24,26). The molecule has 1 N–H and O–H groups in total. The average Bonchev–Trinajstić information content (AvgIpc) is 2.68. The van der Waals surface area contributed by atoms with Crippen LogP contribution >= 0.6 is 39.1 Å². The molecule has 0 radical (unpaired) electrons. The number of hydrazine groups is 1. The van der Waals surface area contributed by atoms with Crippen molar-refractivity contribution in [3.8, 4) is 0 Å². The monoisotopic (exact) mass is 464 g/mol. The van der Waals surface area contributed by atoms with E-state index in [-0.39, 0.29) is 5.15 Å². The molecule has 0 spiro atoms. The minimum atomic E-state index is -0.841. The quantitative estimate of drug-likeness (QED) is 0.361. The van der Waals surface area contributed by atoms with Gasteiger partial charge in [-0.3, -0.25) is 20.0 Å². The Morgan fingerprint density at radius 2 is 1.93 bits per heavy atom. The highest BCUT2D eigenvalue weighted by molar-refractivity contribution is 9.10. The Balaban J connectivity index is 1.67. The predicted molar refractivity (Wildman–Crippen MR) is 105 cm³/mol. The highest BCUT2D eigenvalue weighted by Gasteiger charge is 2.49. The Kier molecular flexibility index (Phi) is 4.75. The molecule has 4 rings (SSSR count). The Hall–Kier alpha value is -2.22. The first kappa shape index (κ1) is 18.2. The zero-order valence-corrected chi connectivity index (χ0v) is 16.7. The van der Waals surface area contributed by atoms with Gasteiger partial charge in [-0.2, -0.15) is 0 Å². The first-order valence-electron chi connectivity index (χ1n) is 7.89. The van der Waals surface area contributed by atoms with Crippen molar-refractivity contribution in [2.24, 2.45) is 0 Å². The van der Waals surface area contributed by atoms with Gasteiger partial charge in [-0.1, -0.05) is 27.5 Å². The summed E-state index contributed by atoms with van der Waals surface area (Å²) in [5, 5.41) is 1.42. The normalized spacial score (nSPS) is 19.1. The molecule has 1 aliphatic heterocycles. The number of nitrogens with zero attached hydrogens (tertiary/aromatic N) is 3. The van der Waals surface area contributed by atoms with Crippen molar-refractivity contribution in [2.75, 3.05) is 0 Å². The lowest BCUT2D eigenvalue weighted by molar-refractivity contribution is -0.149. The smallest absolute Gasteiger partial charge is 0.270 e. The van der Waals surface area contributed by atoms with E-state index in [1.165, 1.54) is 17.4 Å². The molecule has 1 saturated heterocycles. The topological polar surface area (TPSA) is 75.2 Å². The number of aromatic nitrogens is 2. The fourth-order valence-electron chi connectivity index (χ4n) is 2.90. The van der Waals surface area contributed by atoms with Gasteiger partial charge in [0.15, 0.2) is 0 Å².